The van der Waals surface area contributed by atoms with Gasteiger partial charge in [-0.1, -0.05) is 29.3 Å². The third-order valence-electron chi connectivity index (χ3n) is 6.20. The van der Waals surface area contributed by atoms with Crippen LogP contribution in [0.2, 0.25) is 10.0 Å². The van der Waals surface area contributed by atoms with E-state index >= 15 is 0 Å². The number of hydrogen-bond donors (Lipinski definition) is 3. The summed E-state index contributed by atoms with van der Waals surface area (Å²) in [5.41, 5.74) is 0.751. The number of rotatable bonds is 7. The smallest absolute Gasteiger partial charge is 0.246 e. The Morgan fingerprint density at radius 2 is 1.94 bits per heavy atom. The first-order valence-electron chi connectivity index (χ1n) is 11.2. The molecule has 0 radical (unpaired) electrons. The Labute approximate surface area is 204 Å². The second-order valence-corrected chi connectivity index (χ2v) is 9.45. The molecule has 10 heteroatoms. The van der Waals surface area contributed by atoms with Crippen molar-refractivity contribution < 1.29 is 24.9 Å². The lowest BCUT2D eigenvalue weighted by Gasteiger charge is -2.36. The molecule has 0 unspecified atom stereocenters. The number of carbonyl (C=O) groups excluding carboxylic acids is 2. The number of carbonyl (C=O) groups is 2. The summed E-state index contributed by atoms with van der Waals surface area (Å²) in [6, 6.07) is 5.10. The van der Waals surface area contributed by atoms with Gasteiger partial charge in [0.05, 0.1) is 22.3 Å². The zero-order valence-electron chi connectivity index (χ0n) is 18.4. The number of halogens is 2. The molecule has 2 heterocycles. The highest BCUT2D eigenvalue weighted by atomic mass is 35.5. The van der Waals surface area contributed by atoms with Crippen LogP contribution in [0.15, 0.2) is 24.3 Å². The zero-order valence-corrected chi connectivity index (χ0v) is 20.0. The van der Waals surface area contributed by atoms with Gasteiger partial charge in [0.25, 0.3) is 0 Å². The number of likely N-dealkylation sites (tertiary alicyclic amines) is 1. The van der Waals surface area contributed by atoms with Crippen molar-refractivity contribution in [3.8, 4) is 0 Å². The first-order chi connectivity index (χ1) is 15.8. The number of amides is 2. The number of aliphatic hydroxyl groups is 3. The zero-order chi connectivity index (χ0) is 24.0. The fraction of sp³-hybridized carbons (Fsp3) is 0.565. The molecule has 1 aromatic rings. The molecular formula is C23H31Cl2N3O5. The normalized spacial score (nSPS) is 23.7. The van der Waals surface area contributed by atoms with Crippen LogP contribution in [0.4, 0.5) is 0 Å². The Morgan fingerprint density at radius 1 is 1.15 bits per heavy atom. The Hall–Kier alpha value is -1.68. The number of benzene rings is 1. The highest BCUT2D eigenvalue weighted by Crippen LogP contribution is 2.23. The van der Waals surface area contributed by atoms with E-state index in [4.69, 9.17) is 23.2 Å². The summed E-state index contributed by atoms with van der Waals surface area (Å²) in [7, 11) is 0. The van der Waals surface area contributed by atoms with E-state index in [0.29, 0.717) is 55.7 Å². The molecule has 2 fully saturated rings. The molecule has 3 rings (SSSR count). The number of hydrogen-bond acceptors (Lipinski definition) is 6. The van der Waals surface area contributed by atoms with E-state index in [-0.39, 0.29) is 37.3 Å². The van der Waals surface area contributed by atoms with E-state index in [0.717, 1.165) is 5.56 Å². The Morgan fingerprint density at radius 3 is 2.64 bits per heavy atom. The quantitative estimate of drug-likeness (QED) is 0.485. The van der Waals surface area contributed by atoms with Crippen molar-refractivity contribution in [2.75, 3.05) is 52.4 Å². The molecule has 2 aliphatic heterocycles. The van der Waals surface area contributed by atoms with Gasteiger partial charge in [-0.25, -0.2) is 0 Å². The second kappa shape index (κ2) is 12.1. The topological polar surface area (TPSA) is 105 Å². The SMILES string of the molecule is O=C(C=Cc1ccc(Cl)c(Cl)c1)N1CCC(=O)N(C[C@@H](O)CN2CC[C@H](CO)[C@H](O)C2)CC1. The van der Waals surface area contributed by atoms with E-state index in [1.165, 1.54) is 6.08 Å². The molecule has 8 nitrogen and oxygen atoms in total. The lowest BCUT2D eigenvalue weighted by atomic mass is 9.94. The average Bonchev–Trinajstić information content (AvgIpc) is 2.96. The van der Waals surface area contributed by atoms with Crippen LogP contribution >= 0.6 is 23.2 Å². The van der Waals surface area contributed by atoms with Crippen molar-refractivity contribution in [1.82, 2.24) is 14.7 Å². The lowest BCUT2D eigenvalue weighted by Crippen LogP contribution is -2.49. The molecule has 0 bridgehead atoms. The average molecular weight is 500 g/mol. The van der Waals surface area contributed by atoms with Crippen LogP contribution in [0, 0.1) is 5.92 Å². The van der Waals surface area contributed by atoms with Crippen LogP contribution in [0.25, 0.3) is 6.08 Å². The molecule has 2 amide bonds. The molecule has 0 spiro atoms. The van der Waals surface area contributed by atoms with Gasteiger partial charge in [0, 0.05) is 64.3 Å². The number of nitrogens with zero attached hydrogens (tertiary/aromatic N) is 3. The molecule has 3 N–H and O–H groups in total. The minimum Gasteiger partial charge on any atom is -0.396 e. The third-order valence-corrected chi connectivity index (χ3v) is 6.94. The minimum absolute atomic E-state index is 0.0440. The number of aliphatic hydroxyl groups excluding tert-OH is 3. The largest absolute Gasteiger partial charge is 0.396 e. The first-order valence-corrected chi connectivity index (χ1v) is 11.9. The Bertz CT molecular complexity index is 868. The third kappa shape index (κ3) is 7.40. The van der Waals surface area contributed by atoms with Crippen LogP contribution in [0.3, 0.4) is 0 Å². The second-order valence-electron chi connectivity index (χ2n) is 8.63. The lowest BCUT2D eigenvalue weighted by molar-refractivity contribution is -0.132. The van der Waals surface area contributed by atoms with Crippen molar-refractivity contribution in [3.05, 3.63) is 39.9 Å². The van der Waals surface area contributed by atoms with E-state index in [1.807, 2.05) is 4.90 Å². The van der Waals surface area contributed by atoms with Crippen molar-refractivity contribution in [3.63, 3.8) is 0 Å². The van der Waals surface area contributed by atoms with E-state index in [2.05, 4.69) is 0 Å². The van der Waals surface area contributed by atoms with Gasteiger partial charge in [-0.05, 0) is 36.7 Å². The van der Waals surface area contributed by atoms with Gasteiger partial charge in [-0.3, -0.25) is 14.5 Å². The van der Waals surface area contributed by atoms with E-state index in [1.54, 1.807) is 34.1 Å². The fourth-order valence-corrected chi connectivity index (χ4v) is 4.51. The maximum absolute atomic E-state index is 12.6. The summed E-state index contributed by atoms with van der Waals surface area (Å²) in [5, 5.41) is 30.7. The van der Waals surface area contributed by atoms with Crippen LogP contribution < -0.4 is 0 Å². The summed E-state index contributed by atoms with van der Waals surface area (Å²) in [6.07, 6.45) is 2.60. The number of β-amino-alcohol motifs (C(OH)–C–C–N with tert-alkyl or cyclic N) is 2. The fourth-order valence-electron chi connectivity index (χ4n) is 4.20. The van der Waals surface area contributed by atoms with Gasteiger partial charge in [-0.15, -0.1) is 0 Å². The Kier molecular flexibility index (Phi) is 9.55. The molecule has 0 saturated carbocycles. The summed E-state index contributed by atoms with van der Waals surface area (Å²) >= 11 is 11.9. The highest BCUT2D eigenvalue weighted by molar-refractivity contribution is 6.42. The van der Waals surface area contributed by atoms with Crippen LogP contribution in [0.5, 0.6) is 0 Å². The van der Waals surface area contributed by atoms with Crippen molar-refractivity contribution in [2.45, 2.75) is 25.0 Å². The molecule has 2 aliphatic rings. The molecule has 0 aliphatic carbocycles. The Balaban J connectivity index is 1.49. The maximum Gasteiger partial charge on any atom is 0.246 e. The highest BCUT2D eigenvalue weighted by Gasteiger charge is 2.29. The van der Waals surface area contributed by atoms with Gasteiger partial charge in [0.2, 0.25) is 11.8 Å². The number of piperidine rings is 1. The predicted octanol–water partition coefficient (Wildman–Crippen LogP) is 1.10. The monoisotopic (exact) mass is 499 g/mol. The van der Waals surface area contributed by atoms with Gasteiger partial charge in [0.15, 0.2) is 0 Å². The molecule has 1 aromatic carbocycles. The van der Waals surface area contributed by atoms with Crippen molar-refractivity contribution in [2.24, 2.45) is 5.92 Å². The molecular weight excluding hydrogens is 469 g/mol. The summed E-state index contributed by atoms with van der Waals surface area (Å²) in [4.78, 5) is 30.3. The predicted molar refractivity (Wildman–Crippen MR) is 127 cm³/mol. The summed E-state index contributed by atoms with van der Waals surface area (Å²) in [6.45, 7) is 2.59. The van der Waals surface area contributed by atoms with Crippen molar-refractivity contribution in [1.29, 1.82) is 0 Å². The van der Waals surface area contributed by atoms with E-state index < -0.39 is 12.2 Å². The molecule has 3 atom stereocenters. The summed E-state index contributed by atoms with van der Waals surface area (Å²) < 4.78 is 0. The van der Waals surface area contributed by atoms with Crippen LogP contribution in [-0.4, -0.2) is 106 Å². The van der Waals surface area contributed by atoms with Gasteiger partial charge in [-0.2, -0.15) is 0 Å². The molecule has 33 heavy (non-hydrogen) atoms. The maximum atomic E-state index is 12.6. The van der Waals surface area contributed by atoms with Crippen molar-refractivity contribution >= 4 is 41.1 Å². The molecule has 0 aromatic heterocycles. The summed E-state index contributed by atoms with van der Waals surface area (Å²) in [5.74, 6) is -0.423. The van der Waals surface area contributed by atoms with Gasteiger partial charge in [0.1, 0.15) is 0 Å². The molecule has 182 valence electrons. The first kappa shape index (κ1) is 25.9. The van der Waals surface area contributed by atoms with Crippen LogP contribution in [-0.2, 0) is 9.59 Å². The molecule has 2 saturated heterocycles. The van der Waals surface area contributed by atoms with Crippen LogP contribution in [0.1, 0.15) is 18.4 Å². The minimum atomic E-state index is -0.761. The van der Waals surface area contributed by atoms with E-state index in [9.17, 15) is 24.9 Å². The van der Waals surface area contributed by atoms with Gasteiger partial charge < -0.3 is 25.1 Å². The van der Waals surface area contributed by atoms with Gasteiger partial charge >= 0.3 is 0 Å². The standard InChI is InChI=1S/C23H31Cl2N3O5/c24-19-3-1-16(11-20(19)25)2-4-22(32)27-8-6-23(33)28(10-9-27)13-18(30)12-26-7-5-17(15-29)21(31)14-26/h1-4,11,17-18,21,29-31H,5-10,12-15H2/t17-,18+,21-/m1/s1.